The molecule has 1 aromatic heterocycles. The Balaban J connectivity index is 2.08. The van der Waals surface area contributed by atoms with Crippen LogP contribution in [0.1, 0.15) is 24.1 Å². The maximum absolute atomic E-state index is 11.9. The molecule has 0 unspecified atom stereocenters. The predicted octanol–water partition coefficient (Wildman–Crippen LogP) is 2.05. The molecule has 2 aromatic rings. The van der Waals surface area contributed by atoms with Crippen molar-refractivity contribution in [2.24, 2.45) is 0 Å². The fourth-order valence-electron chi connectivity index (χ4n) is 2.57. The highest BCUT2D eigenvalue weighted by Crippen LogP contribution is 2.22. The van der Waals surface area contributed by atoms with Gasteiger partial charge in [-0.2, -0.15) is 0 Å². The van der Waals surface area contributed by atoms with Crippen LogP contribution in [0.3, 0.4) is 0 Å². The van der Waals surface area contributed by atoms with Crippen LogP contribution in [0.4, 0.5) is 0 Å². The molecule has 1 heterocycles. The van der Waals surface area contributed by atoms with E-state index in [9.17, 15) is 4.79 Å². The number of fused-ring (bicyclic) bond motifs is 1. The molecule has 0 saturated carbocycles. The summed E-state index contributed by atoms with van der Waals surface area (Å²) in [5, 5.41) is 2.93. The molecule has 3 rings (SSSR count). The molecule has 4 nitrogen and oxygen atoms in total. The van der Waals surface area contributed by atoms with Gasteiger partial charge in [-0.1, -0.05) is 0 Å². The van der Waals surface area contributed by atoms with Gasteiger partial charge >= 0.3 is 0 Å². The Morgan fingerprint density at radius 1 is 1.17 bits per heavy atom. The summed E-state index contributed by atoms with van der Waals surface area (Å²) in [6.07, 6.45) is 4.14. The molecule has 0 bridgehead atoms. The Kier molecular flexibility index (Phi) is 2.70. The summed E-state index contributed by atoms with van der Waals surface area (Å²) >= 11 is 0. The number of nitrogens with zero attached hydrogens (tertiary/aromatic N) is 1. The first-order valence-corrected chi connectivity index (χ1v) is 6.27. The minimum absolute atomic E-state index is 0.0560. The number of ether oxygens (including phenoxy) is 1. The minimum atomic E-state index is 0.0560. The molecule has 0 fully saturated rings. The number of hydrogen-bond acceptors (Lipinski definition) is 2. The van der Waals surface area contributed by atoms with Gasteiger partial charge in [0.05, 0.1) is 12.8 Å². The largest absolute Gasteiger partial charge is 0.497 e. The number of rotatable bonds is 2. The van der Waals surface area contributed by atoms with E-state index in [2.05, 4.69) is 5.10 Å². The molecule has 18 heavy (non-hydrogen) atoms. The molecule has 1 aromatic carbocycles. The van der Waals surface area contributed by atoms with Gasteiger partial charge in [-0.25, -0.2) is 0 Å². The van der Waals surface area contributed by atoms with E-state index < -0.39 is 0 Å². The van der Waals surface area contributed by atoms with Crippen molar-refractivity contribution in [2.45, 2.75) is 25.7 Å². The lowest BCUT2D eigenvalue weighted by Crippen LogP contribution is -2.10. The van der Waals surface area contributed by atoms with Crippen LogP contribution in [-0.2, 0) is 12.8 Å². The minimum Gasteiger partial charge on any atom is -0.497 e. The van der Waals surface area contributed by atoms with E-state index in [1.807, 2.05) is 28.9 Å². The fraction of sp³-hybridized carbons (Fsp3) is 0.357. The summed E-state index contributed by atoms with van der Waals surface area (Å²) < 4.78 is 7.05. The summed E-state index contributed by atoms with van der Waals surface area (Å²) in [5.74, 6) is 0.821. The van der Waals surface area contributed by atoms with Gasteiger partial charge in [-0.05, 0) is 49.9 Å². The van der Waals surface area contributed by atoms with Gasteiger partial charge in [0.15, 0.2) is 0 Å². The Morgan fingerprint density at radius 3 is 2.61 bits per heavy atom. The van der Waals surface area contributed by atoms with Crippen LogP contribution >= 0.6 is 0 Å². The summed E-state index contributed by atoms with van der Waals surface area (Å²) in [7, 11) is 1.65. The zero-order chi connectivity index (χ0) is 12.5. The lowest BCUT2D eigenvalue weighted by atomic mass is 9.98. The Morgan fingerprint density at radius 2 is 1.89 bits per heavy atom. The molecular formula is C14H16N2O2. The molecule has 1 aliphatic carbocycles. The van der Waals surface area contributed by atoms with Crippen LogP contribution < -0.4 is 10.3 Å². The molecule has 1 N–H and O–H groups in total. The third-order valence-corrected chi connectivity index (χ3v) is 3.53. The molecular weight excluding hydrogens is 228 g/mol. The maximum atomic E-state index is 11.9. The van der Waals surface area contributed by atoms with E-state index in [0.717, 1.165) is 48.4 Å². The Labute approximate surface area is 105 Å². The highest BCUT2D eigenvalue weighted by Gasteiger charge is 2.18. The van der Waals surface area contributed by atoms with Gasteiger partial charge in [0.25, 0.3) is 5.56 Å². The van der Waals surface area contributed by atoms with Crippen LogP contribution in [0, 0.1) is 0 Å². The molecule has 94 valence electrons. The normalized spacial score (nSPS) is 14.3. The van der Waals surface area contributed by atoms with Crippen LogP contribution in [0.5, 0.6) is 5.75 Å². The first-order valence-electron chi connectivity index (χ1n) is 6.27. The van der Waals surface area contributed by atoms with Crippen molar-refractivity contribution in [3.05, 3.63) is 45.9 Å². The van der Waals surface area contributed by atoms with Crippen LogP contribution in [0.15, 0.2) is 29.1 Å². The van der Waals surface area contributed by atoms with Gasteiger partial charge in [0.1, 0.15) is 5.75 Å². The molecule has 0 saturated heterocycles. The van der Waals surface area contributed by atoms with E-state index in [-0.39, 0.29) is 5.56 Å². The number of aromatic nitrogens is 2. The van der Waals surface area contributed by atoms with E-state index in [1.165, 1.54) is 0 Å². The Bertz CT molecular complexity index is 608. The van der Waals surface area contributed by atoms with E-state index in [4.69, 9.17) is 4.74 Å². The van der Waals surface area contributed by atoms with Gasteiger partial charge in [-0.15, -0.1) is 0 Å². The molecule has 1 aliphatic rings. The van der Waals surface area contributed by atoms with Crippen LogP contribution in [0.25, 0.3) is 5.69 Å². The fourth-order valence-corrected chi connectivity index (χ4v) is 2.57. The third kappa shape index (κ3) is 1.74. The molecule has 0 amide bonds. The van der Waals surface area contributed by atoms with Gasteiger partial charge < -0.3 is 4.74 Å². The Hall–Kier alpha value is -1.97. The standard InChI is InChI=1S/C14H16N2O2/c1-18-11-8-6-10(7-9-11)16-13-5-3-2-4-12(13)14(17)15-16/h6-9H,2-5H2,1H3,(H,15,17). The van der Waals surface area contributed by atoms with E-state index in [0.29, 0.717) is 0 Å². The molecule has 4 heteroatoms. The molecule has 0 radical (unpaired) electrons. The van der Waals surface area contributed by atoms with Crippen LogP contribution in [0.2, 0.25) is 0 Å². The molecule has 0 aliphatic heterocycles. The number of methoxy groups -OCH3 is 1. The van der Waals surface area contributed by atoms with Gasteiger partial charge in [-0.3, -0.25) is 14.6 Å². The predicted molar refractivity (Wildman–Crippen MR) is 69.6 cm³/mol. The van der Waals surface area contributed by atoms with Crippen molar-refractivity contribution >= 4 is 0 Å². The van der Waals surface area contributed by atoms with E-state index in [1.54, 1.807) is 7.11 Å². The zero-order valence-electron chi connectivity index (χ0n) is 10.4. The maximum Gasteiger partial charge on any atom is 0.267 e. The first-order chi connectivity index (χ1) is 8.79. The molecule has 0 atom stereocenters. The molecule has 0 spiro atoms. The summed E-state index contributed by atoms with van der Waals surface area (Å²) in [5.41, 5.74) is 3.13. The number of H-pyrrole nitrogens is 1. The van der Waals surface area contributed by atoms with E-state index >= 15 is 0 Å². The topological polar surface area (TPSA) is 47.0 Å². The lowest BCUT2D eigenvalue weighted by Gasteiger charge is -2.14. The number of hydrogen-bond donors (Lipinski definition) is 1. The number of aromatic amines is 1. The van der Waals surface area contributed by atoms with Crippen molar-refractivity contribution < 1.29 is 4.74 Å². The van der Waals surface area contributed by atoms with Crippen molar-refractivity contribution in [3.8, 4) is 11.4 Å². The highest BCUT2D eigenvalue weighted by atomic mass is 16.5. The summed E-state index contributed by atoms with van der Waals surface area (Å²) in [4.78, 5) is 11.9. The second-order valence-corrected chi connectivity index (χ2v) is 4.61. The number of benzene rings is 1. The van der Waals surface area contributed by atoms with Gasteiger partial charge in [0.2, 0.25) is 0 Å². The van der Waals surface area contributed by atoms with Crippen LogP contribution in [-0.4, -0.2) is 16.9 Å². The summed E-state index contributed by atoms with van der Waals surface area (Å²) in [6, 6.07) is 7.74. The first kappa shape index (κ1) is 11.1. The van der Waals surface area contributed by atoms with Gasteiger partial charge in [0, 0.05) is 11.3 Å². The average molecular weight is 244 g/mol. The second kappa shape index (κ2) is 4.37. The van der Waals surface area contributed by atoms with Crippen molar-refractivity contribution in [2.75, 3.05) is 7.11 Å². The van der Waals surface area contributed by atoms with Crippen molar-refractivity contribution in [3.63, 3.8) is 0 Å². The van der Waals surface area contributed by atoms with Crippen molar-refractivity contribution in [1.29, 1.82) is 0 Å². The SMILES string of the molecule is COc1ccc(-n2[nH]c(=O)c3c2CCCC3)cc1. The highest BCUT2D eigenvalue weighted by molar-refractivity contribution is 5.39. The second-order valence-electron chi connectivity index (χ2n) is 4.61. The quantitative estimate of drug-likeness (QED) is 0.879. The monoisotopic (exact) mass is 244 g/mol. The number of nitrogens with one attached hydrogen (secondary N) is 1. The zero-order valence-corrected chi connectivity index (χ0v) is 10.4. The smallest absolute Gasteiger partial charge is 0.267 e. The average Bonchev–Trinajstić information content (AvgIpc) is 2.77. The third-order valence-electron chi connectivity index (χ3n) is 3.53. The summed E-state index contributed by atoms with van der Waals surface area (Å²) in [6.45, 7) is 0. The lowest BCUT2D eigenvalue weighted by molar-refractivity contribution is 0.414. The van der Waals surface area contributed by atoms with Crippen molar-refractivity contribution in [1.82, 2.24) is 9.78 Å².